The summed E-state index contributed by atoms with van der Waals surface area (Å²) in [6, 6.07) is 9.36. The Kier molecular flexibility index (Phi) is 4.97. The van der Waals surface area contributed by atoms with Crippen LogP contribution in [0, 0.1) is 0 Å². The molecular weight excluding hydrogens is 322 g/mol. The van der Waals surface area contributed by atoms with Gasteiger partial charge >= 0.3 is 0 Å². The molecule has 0 fully saturated rings. The van der Waals surface area contributed by atoms with E-state index in [1.165, 1.54) is 5.56 Å². The maximum absolute atomic E-state index is 12.9. The van der Waals surface area contributed by atoms with Gasteiger partial charge in [-0.05, 0) is 48.5 Å². The predicted octanol–water partition coefficient (Wildman–Crippen LogP) is 2.94. The van der Waals surface area contributed by atoms with E-state index >= 15 is 0 Å². The first-order chi connectivity index (χ1) is 11.5. The molecule has 24 heavy (non-hydrogen) atoms. The molecule has 1 N–H and O–H groups in total. The number of para-hydroxylation sites is 2. The van der Waals surface area contributed by atoms with Crippen molar-refractivity contribution in [3.63, 3.8) is 0 Å². The number of rotatable bonds is 4. The summed E-state index contributed by atoms with van der Waals surface area (Å²) in [5.41, 5.74) is 2.67. The van der Waals surface area contributed by atoms with Gasteiger partial charge in [-0.3, -0.25) is 14.5 Å². The number of hydrogen-bond donors (Lipinski definition) is 1. The highest BCUT2D eigenvalue weighted by Crippen LogP contribution is 2.31. The SMILES string of the molecule is C[C@@H]1CC(=O)Nc2ccccc2N1C(=O)CN(C)Cc1ccsc1. The Hall–Kier alpha value is -2.18. The highest BCUT2D eigenvalue weighted by Gasteiger charge is 2.29. The Labute approximate surface area is 145 Å². The van der Waals surface area contributed by atoms with Gasteiger partial charge in [0.05, 0.1) is 17.9 Å². The molecular formula is C18H21N3O2S. The first-order valence-electron chi connectivity index (χ1n) is 7.95. The van der Waals surface area contributed by atoms with E-state index in [2.05, 4.69) is 16.8 Å². The van der Waals surface area contributed by atoms with Gasteiger partial charge in [0.25, 0.3) is 0 Å². The van der Waals surface area contributed by atoms with Gasteiger partial charge in [0.15, 0.2) is 0 Å². The molecule has 2 heterocycles. The molecule has 1 aliphatic rings. The maximum Gasteiger partial charge on any atom is 0.241 e. The number of hydrogen-bond acceptors (Lipinski definition) is 4. The van der Waals surface area contributed by atoms with Gasteiger partial charge in [0, 0.05) is 19.0 Å². The van der Waals surface area contributed by atoms with Crippen LogP contribution in [0.5, 0.6) is 0 Å². The van der Waals surface area contributed by atoms with Gasteiger partial charge in [-0.2, -0.15) is 11.3 Å². The summed E-state index contributed by atoms with van der Waals surface area (Å²) >= 11 is 1.65. The zero-order valence-electron chi connectivity index (χ0n) is 13.9. The summed E-state index contributed by atoms with van der Waals surface area (Å²) in [5, 5.41) is 7.01. The third-order valence-electron chi connectivity index (χ3n) is 4.07. The lowest BCUT2D eigenvalue weighted by atomic mass is 10.1. The van der Waals surface area contributed by atoms with Gasteiger partial charge in [0.1, 0.15) is 0 Å². The topological polar surface area (TPSA) is 52.7 Å². The van der Waals surface area contributed by atoms with E-state index in [0.717, 1.165) is 12.2 Å². The molecule has 5 nitrogen and oxygen atoms in total. The fraction of sp³-hybridized carbons (Fsp3) is 0.333. The second-order valence-corrected chi connectivity index (χ2v) is 6.97. The lowest BCUT2D eigenvalue weighted by Crippen LogP contribution is -2.44. The van der Waals surface area contributed by atoms with E-state index in [4.69, 9.17) is 0 Å². The highest BCUT2D eigenvalue weighted by molar-refractivity contribution is 7.07. The van der Waals surface area contributed by atoms with Crippen molar-refractivity contribution in [3.8, 4) is 0 Å². The van der Waals surface area contributed by atoms with Crippen LogP contribution in [0.2, 0.25) is 0 Å². The van der Waals surface area contributed by atoms with Crippen LogP contribution in [0.3, 0.4) is 0 Å². The summed E-state index contributed by atoms with van der Waals surface area (Å²) in [5.74, 6) is -0.0546. The van der Waals surface area contributed by atoms with Crippen LogP contribution < -0.4 is 10.2 Å². The molecule has 1 atom stereocenters. The lowest BCUT2D eigenvalue weighted by Gasteiger charge is -2.29. The number of fused-ring (bicyclic) bond motifs is 1. The molecule has 0 aliphatic carbocycles. The molecule has 0 saturated carbocycles. The third kappa shape index (κ3) is 3.66. The van der Waals surface area contributed by atoms with Crippen molar-refractivity contribution in [3.05, 3.63) is 46.7 Å². The Bertz CT molecular complexity index is 730. The molecule has 2 amide bonds. The largest absolute Gasteiger partial charge is 0.324 e. The van der Waals surface area contributed by atoms with Gasteiger partial charge in [0.2, 0.25) is 11.8 Å². The number of anilines is 2. The van der Waals surface area contributed by atoms with Gasteiger partial charge in [-0.1, -0.05) is 12.1 Å². The van der Waals surface area contributed by atoms with Crippen LogP contribution in [0.4, 0.5) is 11.4 Å². The van der Waals surface area contributed by atoms with E-state index in [9.17, 15) is 9.59 Å². The fourth-order valence-corrected chi connectivity index (χ4v) is 3.68. The second kappa shape index (κ2) is 7.15. The Morgan fingerprint density at radius 1 is 1.38 bits per heavy atom. The Balaban J connectivity index is 1.78. The summed E-state index contributed by atoms with van der Waals surface area (Å²) in [6.45, 7) is 2.96. The van der Waals surface area contributed by atoms with Crippen molar-refractivity contribution in [2.75, 3.05) is 23.8 Å². The predicted molar refractivity (Wildman–Crippen MR) is 97.3 cm³/mol. The van der Waals surface area contributed by atoms with Crippen LogP contribution in [-0.2, 0) is 16.1 Å². The smallest absolute Gasteiger partial charge is 0.241 e. The van der Waals surface area contributed by atoms with Crippen molar-refractivity contribution < 1.29 is 9.59 Å². The number of likely N-dealkylation sites (N-methyl/N-ethyl adjacent to an activating group) is 1. The second-order valence-electron chi connectivity index (χ2n) is 6.19. The van der Waals surface area contributed by atoms with Crippen LogP contribution in [0.15, 0.2) is 41.1 Å². The number of thiophene rings is 1. The number of benzene rings is 1. The molecule has 3 rings (SSSR count). The van der Waals surface area contributed by atoms with Crippen LogP contribution in [0.1, 0.15) is 18.9 Å². The maximum atomic E-state index is 12.9. The first kappa shape index (κ1) is 16.7. The minimum Gasteiger partial charge on any atom is -0.324 e. The van der Waals surface area contributed by atoms with E-state index in [1.807, 2.05) is 48.5 Å². The summed E-state index contributed by atoms with van der Waals surface area (Å²) < 4.78 is 0. The molecule has 0 unspecified atom stereocenters. The van der Waals surface area contributed by atoms with Crippen molar-refractivity contribution in [2.24, 2.45) is 0 Å². The minimum absolute atomic E-state index is 0.00387. The molecule has 2 aromatic rings. The Morgan fingerprint density at radius 3 is 2.92 bits per heavy atom. The molecule has 0 radical (unpaired) electrons. The number of nitrogens with zero attached hydrogens (tertiary/aromatic N) is 2. The number of carbonyl (C=O) groups is 2. The van der Waals surface area contributed by atoms with Crippen molar-refractivity contribution in [1.29, 1.82) is 0 Å². The van der Waals surface area contributed by atoms with Crippen LogP contribution in [-0.4, -0.2) is 36.3 Å². The van der Waals surface area contributed by atoms with E-state index in [-0.39, 0.29) is 17.9 Å². The number of nitrogens with one attached hydrogen (secondary N) is 1. The Morgan fingerprint density at radius 2 is 2.17 bits per heavy atom. The van der Waals surface area contributed by atoms with Gasteiger partial charge in [-0.15, -0.1) is 0 Å². The quantitative estimate of drug-likeness (QED) is 0.929. The van der Waals surface area contributed by atoms with Gasteiger partial charge in [-0.25, -0.2) is 0 Å². The zero-order valence-corrected chi connectivity index (χ0v) is 14.7. The van der Waals surface area contributed by atoms with Crippen LogP contribution in [0.25, 0.3) is 0 Å². The van der Waals surface area contributed by atoms with Gasteiger partial charge < -0.3 is 10.2 Å². The lowest BCUT2D eigenvalue weighted by molar-refractivity contribution is -0.120. The van der Waals surface area contributed by atoms with E-state index in [0.29, 0.717) is 18.7 Å². The average Bonchev–Trinajstić information content (AvgIpc) is 2.97. The molecule has 0 bridgehead atoms. The zero-order chi connectivity index (χ0) is 17.1. The van der Waals surface area contributed by atoms with E-state index in [1.54, 1.807) is 16.2 Å². The van der Waals surface area contributed by atoms with E-state index < -0.39 is 0 Å². The van der Waals surface area contributed by atoms with Crippen molar-refractivity contribution >= 4 is 34.5 Å². The normalized spacial score (nSPS) is 17.4. The average molecular weight is 343 g/mol. The number of carbonyl (C=O) groups excluding carboxylic acids is 2. The molecule has 1 aromatic carbocycles. The first-order valence-corrected chi connectivity index (χ1v) is 8.89. The highest BCUT2D eigenvalue weighted by atomic mass is 32.1. The minimum atomic E-state index is -0.171. The molecule has 1 aromatic heterocycles. The van der Waals surface area contributed by atoms with Crippen molar-refractivity contribution in [2.45, 2.75) is 25.9 Å². The fourth-order valence-electron chi connectivity index (χ4n) is 3.03. The number of amides is 2. The summed E-state index contributed by atoms with van der Waals surface area (Å²) in [4.78, 5) is 28.7. The summed E-state index contributed by atoms with van der Waals surface area (Å²) in [6.07, 6.45) is 0.300. The van der Waals surface area contributed by atoms with Crippen LogP contribution >= 0.6 is 11.3 Å². The standard InChI is InChI=1S/C18H21N3O2S/c1-13-9-17(22)19-15-5-3-4-6-16(15)21(13)18(23)11-20(2)10-14-7-8-24-12-14/h3-8,12-13H,9-11H2,1-2H3,(H,19,22)/t13-/m1/s1. The molecule has 6 heteroatoms. The van der Waals surface area contributed by atoms with Crippen molar-refractivity contribution in [1.82, 2.24) is 4.90 Å². The molecule has 0 saturated heterocycles. The molecule has 1 aliphatic heterocycles. The third-order valence-corrected chi connectivity index (χ3v) is 4.80. The molecule has 126 valence electrons. The monoisotopic (exact) mass is 343 g/mol. The molecule has 0 spiro atoms. The summed E-state index contributed by atoms with van der Waals surface area (Å²) in [7, 11) is 1.94.